The molecule has 0 saturated heterocycles. The van der Waals surface area contributed by atoms with Crippen LogP contribution in [0.1, 0.15) is 19.4 Å². The van der Waals surface area contributed by atoms with Crippen LogP contribution in [0.4, 0.5) is 0 Å². The van der Waals surface area contributed by atoms with Crippen LogP contribution in [0.2, 0.25) is 0 Å². The monoisotopic (exact) mass is 265 g/mol. The zero-order chi connectivity index (χ0) is 14.5. The quantitative estimate of drug-likeness (QED) is 0.764. The largest absolute Gasteiger partial charge is 0.497 e. The number of carboxylic acid groups (broad SMARTS) is 1. The van der Waals surface area contributed by atoms with E-state index in [0.717, 1.165) is 11.3 Å². The van der Waals surface area contributed by atoms with Crippen LogP contribution in [0.5, 0.6) is 5.75 Å². The predicted molar refractivity (Wildman–Crippen MR) is 71.1 cm³/mol. The van der Waals surface area contributed by atoms with Crippen LogP contribution in [0.15, 0.2) is 24.3 Å². The lowest BCUT2D eigenvalue weighted by Gasteiger charge is -2.18. The number of rotatable bonds is 6. The van der Waals surface area contributed by atoms with Crippen LogP contribution in [0.3, 0.4) is 0 Å². The molecule has 104 valence electrons. The van der Waals surface area contributed by atoms with Gasteiger partial charge in [-0.25, -0.2) is 0 Å². The van der Waals surface area contributed by atoms with Crippen molar-refractivity contribution in [1.82, 2.24) is 5.32 Å². The Morgan fingerprint density at radius 3 is 2.63 bits per heavy atom. The summed E-state index contributed by atoms with van der Waals surface area (Å²) in [6, 6.07) is 7.53. The van der Waals surface area contributed by atoms with Gasteiger partial charge in [0.15, 0.2) is 0 Å². The maximum absolute atomic E-state index is 11.7. The number of nitrogens with one attached hydrogen (secondary N) is 1. The van der Waals surface area contributed by atoms with Gasteiger partial charge in [-0.15, -0.1) is 0 Å². The lowest BCUT2D eigenvalue weighted by molar-refractivity contribution is -0.153. The molecule has 0 aliphatic rings. The molecule has 0 aliphatic heterocycles. The third kappa shape index (κ3) is 3.98. The van der Waals surface area contributed by atoms with Gasteiger partial charge in [-0.1, -0.05) is 12.1 Å². The number of aliphatic carboxylic acids is 1. The zero-order valence-electron chi connectivity index (χ0n) is 11.4. The first-order valence-electron chi connectivity index (χ1n) is 6.02. The van der Waals surface area contributed by atoms with Gasteiger partial charge in [0.05, 0.1) is 7.11 Å². The van der Waals surface area contributed by atoms with Crippen LogP contribution in [-0.2, 0) is 16.0 Å². The van der Waals surface area contributed by atoms with E-state index in [1.165, 1.54) is 13.8 Å². The van der Waals surface area contributed by atoms with E-state index in [0.29, 0.717) is 13.0 Å². The Morgan fingerprint density at radius 1 is 1.37 bits per heavy atom. The van der Waals surface area contributed by atoms with Gasteiger partial charge in [0.2, 0.25) is 5.91 Å². The van der Waals surface area contributed by atoms with Crippen molar-refractivity contribution in [3.63, 3.8) is 0 Å². The van der Waals surface area contributed by atoms with Crippen LogP contribution in [0.25, 0.3) is 0 Å². The number of hydrogen-bond donors (Lipinski definition) is 2. The molecular formula is C14H19NO4. The summed E-state index contributed by atoms with van der Waals surface area (Å²) in [5.74, 6) is -0.857. The van der Waals surface area contributed by atoms with Crippen molar-refractivity contribution in [3.05, 3.63) is 29.8 Å². The molecule has 2 N–H and O–H groups in total. The molecule has 0 radical (unpaired) electrons. The van der Waals surface area contributed by atoms with Crippen LogP contribution in [-0.4, -0.2) is 30.6 Å². The van der Waals surface area contributed by atoms with E-state index in [9.17, 15) is 9.59 Å². The predicted octanol–water partition coefficient (Wildman–Crippen LogP) is 1.46. The highest BCUT2D eigenvalue weighted by Crippen LogP contribution is 2.15. The van der Waals surface area contributed by atoms with Crippen LogP contribution >= 0.6 is 0 Å². The van der Waals surface area contributed by atoms with Crippen molar-refractivity contribution in [3.8, 4) is 5.75 Å². The number of methoxy groups -OCH3 is 1. The molecule has 0 aromatic heterocycles. The fraction of sp³-hybridized carbons (Fsp3) is 0.429. The fourth-order valence-electron chi connectivity index (χ4n) is 1.47. The van der Waals surface area contributed by atoms with E-state index in [-0.39, 0.29) is 0 Å². The van der Waals surface area contributed by atoms with Crippen molar-refractivity contribution in [1.29, 1.82) is 0 Å². The van der Waals surface area contributed by atoms with Crippen molar-refractivity contribution in [2.24, 2.45) is 5.41 Å². The molecule has 0 unspecified atom stereocenters. The number of carbonyl (C=O) groups is 2. The molecular weight excluding hydrogens is 246 g/mol. The molecule has 0 spiro atoms. The minimum atomic E-state index is -1.41. The van der Waals surface area contributed by atoms with E-state index in [4.69, 9.17) is 9.84 Å². The van der Waals surface area contributed by atoms with Crippen molar-refractivity contribution >= 4 is 11.9 Å². The zero-order valence-corrected chi connectivity index (χ0v) is 11.4. The summed E-state index contributed by atoms with van der Waals surface area (Å²) in [6.45, 7) is 3.16. The molecule has 1 aromatic carbocycles. The number of hydrogen-bond acceptors (Lipinski definition) is 3. The molecule has 1 rings (SSSR count). The minimum Gasteiger partial charge on any atom is -0.497 e. The highest BCUT2D eigenvalue weighted by Gasteiger charge is 2.35. The normalized spacial score (nSPS) is 10.9. The van der Waals surface area contributed by atoms with Crippen molar-refractivity contribution in [2.45, 2.75) is 20.3 Å². The third-order valence-corrected chi connectivity index (χ3v) is 2.94. The molecule has 0 atom stereocenters. The number of carboxylic acids is 1. The molecule has 0 bridgehead atoms. The topological polar surface area (TPSA) is 75.6 Å². The molecule has 19 heavy (non-hydrogen) atoms. The van der Waals surface area contributed by atoms with Crippen LogP contribution < -0.4 is 10.1 Å². The molecule has 1 amide bonds. The van der Waals surface area contributed by atoms with E-state index in [1.807, 2.05) is 24.3 Å². The maximum atomic E-state index is 11.7. The first-order valence-corrected chi connectivity index (χ1v) is 6.02. The lowest BCUT2D eigenvalue weighted by atomic mass is 9.92. The molecule has 0 fully saturated rings. The van der Waals surface area contributed by atoms with Gasteiger partial charge in [0, 0.05) is 6.54 Å². The van der Waals surface area contributed by atoms with E-state index in [1.54, 1.807) is 7.11 Å². The summed E-state index contributed by atoms with van der Waals surface area (Å²) >= 11 is 0. The second kappa shape index (κ2) is 6.22. The molecule has 0 saturated carbocycles. The van der Waals surface area contributed by atoms with Gasteiger partial charge in [0.25, 0.3) is 0 Å². The third-order valence-electron chi connectivity index (χ3n) is 2.94. The van der Waals surface area contributed by atoms with Crippen molar-refractivity contribution < 1.29 is 19.4 Å². The summed E-state index contributed by atoms with van der Waals surface area (Å²) in [5, 5.41) is 11.5. The Labute approximate surface area is 112 Å². The summed E-state index contributed by atoms with van der Waals surface area (Å²) in [6.07, 6.45) is 0.624. The van der Waals surface area contributed by atoms with E-state index in [2.05, 4.69) is 5.32 Å². The summed E-state index contributed by atoms with van der Waals surface area (Å²) in [4.78, 5) is 22.6. The Bertz CT molecular complexity index is 468. The second-order valence-electron chi connectivity index (χ2n) is 4.79. The molecule has 5 heteroatoms. The standard InChI is InChI=1S/C14H19NO4/c1-14(2,13(17)18)12(16)15-8-7-10-5-4-6-11(9-10)19-3/h4-6,9H,7-8H2,1-3H3,(H,15,16)(H,17,18). The number of benzene rings is 1. The molecule has 0 heterocycles. The SMILES string of the molecule is COc1cccc(CCNC(=O)C(C)(C)C(=O)O)c1. The minimum absolute atomic E-state index is 0.392. The van der Waals surface area contributed by atoms with E-state index < -0.39 is 17.3 Å². The Balaban J connectivity index is 2.50. The smallest absolute Gasteiger partial charge is 0.318 e. The average Bonchev–Trinajstić information content (AvgIpc) is 2.38. The summed E-state index contributed by atoms with van der Waals surface area (Å²) in [5.41, 5.74) is -0.387. The number of ether oxygens (including phenoxy) is 1. The fourth-order valence-corrected chi connectivity index (χ4v) is 1.47. The van der Waals surface area contributed by atoms with Gasteiger partial charge in [-0.2, -0.15) is 0 Å². The first kappa shape index (κ1) is 15.0. The van der Waals surface area contributed by atoms with Crippen molar-refractivity contribution in [2.75, 3.05) is 13.7 Å². The number of amides is 1. The first-order chi connectivity index (χ1) is 8.87. The summed E-state index contributed by atoms with van der Waals surface area (Å²) < 4.78 is 5.10. The van der Waals surface area contributed by atoms with E-state index >= 15 is 0 Å². The highest BCUT2D eigenvalue weighted by molar-refractivity contribution is 6.00. The van der Waals surface area contributed by atoms with Gasteiger partial charge >= 0.3 is 5.97 Å². The Kier molecular flexibility index (Phi) is 4.92. The van der Waals surface area contributed by atoms with Gasteiger partial charge < -0.3 is 15.2 Å². The maximum Gasteiger partial charge on any atom is 0.318 e. The van der Waals surface area contributed by atoms with Gasteiger partial charge in [0.1, 0.15) is 11.2 Å². The average molecular weight is 265 g/mol. The second-order valence-corrected chi connectivity index (χ2v) is 4.79. The lowest BCUT2D eigenvalue weighted by Crippen LogP contribution is -2.42. The summed E-state index contributed by atoms with van der Waals surface area (Å²) in [7, 11) is 1.59. The molecule has 1 aromatic rings. The molecule has 5 nitrogen and oxygen atoms in total. The van der Waals surface area contributed by atoms with Crippen LogP contribution in [0, 0.1) is 5.41 Å². The number of carbonyl (C=O) groups excluding carboxylic acids is 1. The van der Waals surface area contributed by atoms with Gasteiger partial charge in [-0.3, -0.25) is 9.59 Å². The van der Waals surface area contributed by atoms with Gasteiger partial charge in [-0.05, 0) is 38.0 Å². The Hall–Kier alpha value is -2.04. The highest BCUT2D eigenvalue weighted by atomic mass is 16.5. The molecule has 0 aliphatic carbocycles. The Morgan fingerprint density at radius 2 is 2.05 bits per heavy atom.